The SMILES string of the molecule is CC[C@H]1CC(=O)N2C[C@H](Oc3nccc4c5c(ccc34)OCCO5)C[C@H]2C(=O)N[C@]2(C(=O)NS(=O)(=O)C3(C)CC3)C[C@H]2/C=C\CC[C@H](C)C1. The Hall–Kier alpha value is -3.87. The number of hydrogen-bond donors (Lipinski definition) is 2. The standard InChI is InChI=1S/C36H46N4O8S/c1-4-23-17-22(2)7-5-6-8-24-20-36(24,34(43)39-49(44,45)35(3)12-13-35)38-32(42)28-19-25(21-40(28)30(41)18-23)48-33-27-9-10-29-31(47-16-15-46-29)26(27)11-14-37-33/h6,8-11,14,22-25,28H,4-5,7,12-13,15-21H2,1-3H3,(H,38,42)(H,39,43)/b8-6-/t22-,23+,24+,25+,28-,36+/m0/s1. The number of amides is 3. The number of sulfonamides is 1. The maximum atomic E-state index is 14.2. The Labute approximate surface area is 287 Å². The van der Waals surface area contributed by atoms with E-state index in [4.69, 9.17) is 14.2 Å². The average molecular weight is 695 g/mol. The van der Waals surface area contributed by atoms with E-state index in [2.05, 4.69) is 28.9 Å². The van der Waals surface area contributed by atoms with Gasteiger partial charge in [-0.05, 0) is 75.5 Å². The summed E-state index contributed by atoms with van der Waals surface area (Å²) in [5.41, 5.74) is -1.42. The van der Waals surface area contributed by atoms with E-state index in [1.807, 2.05) is 30.4 Å². The van der Waals surface area contributed by atoms with Gasteiger partial charge < -0.3 is 24.4 Å². The Morgan fingerprint density at radius 2 is 1.94 bits per heavy atom. The Morgan fingerprint density at radius 3 is 2.71 bits per heavy atom. The average Bonchev–Trinajstić information content (AvgIpc) is 3.96. The van der Waals surface area contributed by atoms with Crippen molar-refractivity contribution < 1.29 is 37.0 Å². The quantitative estimate of drug-likeness (QED) is 0.427. The molecule has 2 N–H and O–H groups in total. The molecule has 0 radical (unpaired) electrons. The van der Waals surface area contributed by atoms with E-state index in [1.54, 1.807) is 18.0 Å². The Kier molecular flexibility index (Phi) is 8.77. The molecule has 2 aromatic rings. The summed E-state index contributed by atoms with van der Waals surface area (Å²) in [6.07, 6.45) is 10.2. The van der Waals surface area contributed by atoms with Crippen LogP contribution in [0, 0.1) is 17.8 Å². The highest BCUT2D eigenvalue weighted by molar-refractivity contribution is 7.91. The number of carbonyl (C=O) groups is 3. The molecule has 2 saturated carbocycles. The minimum Gasteiger partial charge on any atom is -0.486 e. The number of aromatic nitrogens is 1. The number of benzene rings is 1. The minimum absolute atomic E-state index is 0.140. The zero-order chi connectivity index (χ0) is 34.6. The van der Waals surface area contributed by atoms with Crippen LogP contribution in [0.15, 0.2) is 36.5 Å². The van der Waals surface area contributed by atoms with Crippen molar-refractivity contribution >= 4 is 38.5 Å². The predicted molar refractivity (Wildman–Crippen MR) is 182 cm³/mol. The van der Waals surface area contributed by atoms with E-state index in [0.717, 1.165) is 36.5 Å². The molecule has 4 heterocycles. The lowest BCUT2D eigenvalue weighted by atomic mass is 9.88. The summed E-state index contributed by atoms with van der Waals surface area (Å²) in [6.45, 7) is 6.96. The lowest BCUT2D eigenvalue weighted by Crippen LogP contribution is -2.57. The summed E-state index contributed by atoms with van der Waals surface area (Å²) in [5.74, 6) is 0.440. The molecule has 264 valence electrons. The lowest BCUT2D eigenvalue weighted by Gasteiger charge is -2.28. The highest BCUT2D eigenvalue weighted by Crippen LogP contribution is 2.48. The summed E-state index contributed by atoms with van der Waals surface area (Å²) < 4.78 is 45.5. The van der Waals surface area contributed by atoms with E-state index in [0.29, 0.717) is 55.8 Å². The molecule has 12 nitrogen and oxygen atoms in total. The van der Waals surface area contributed by atoms with Crippen molar-refractivity contribution in [3.63, 3.8) is 0 Å². The Balaban J connectivity index is 1.17. The highest BCUT2D eigenvalue weighted by atomic mass is 32.2. The third-order valence-corrected chi connectivity index (χ3v) is 13.3. The van der Waals surface area contributed by atoms with Crippen LogP contribution in [0.25, 0.3) is 10.8 Å². The fourth-order valence-corrected chi connectivity index (χ4v) is 8.86. The summed E-state index contributed by atoms with van der Waals surface area (Å²) in [5, 5.41) is 4.46. The first-order valence-corrected chi connectivity index (χ1v) is 19.1. The van der Waals surface area contributed by atoms with Crippen molar-refractivity contribution in [2.24, 2.45) is 17.8 Å². The monoisotopic (exact) mass is 694 g/mol. The fourth-order valence-electron chi connectivity index (χ4n) is 7.55. The van der Waals surface area contributed by atoms with Gasteiger partial charge in [0.15, 0.2) is 11.5 Å². The molecule has 6 atom stereocenters. The zero-order valence-corrected chi connectivity index (χ0v) is 29.2. The van der Waals surface area contributed by atoms with Gasteiger partial charge in [-0.25, -0.2) is 13.4 Å². The van der Waals surface area contributed by atoms with Crippen LogP contribution in [-0.4, -0.2) is 78.2 Å². The molecule has 3 fully saturated rings. The van der Waals surface area contributed by atoms with Gasteiger partial charge in [0.1, 0.15) is 30.9 Å². The van der Waals surface area contributed by atoms with E-state index in [1.165, 1.54) is 0 Å². The van der Waals surface area contributed by atoms with Crippen LogP contribution in [0.5, 0.6) is 17.4 Å². The molecule has 0 spiro atoms. The third kappa shape index (κ3) is 6.46. The van der Waals surface area contributed by atoms with Crippen molar-refractivity contribution in [2.75, 3.05) is 19.8 Å². The maximum absolute atomic E-state index is 14.2. The maximum Gasteiger partial charge on any atom is 0.259 e. The van der Waals surface area contributed by atoms with E-state index in [-0.39, 0.29) is 37.1 Å². The van der Waals surface area contributed by atoms with Gasteiger partial charge in [-0.3, -0.25) is 19.1 Å². The van der Waals surface area contributed by atoms with Gasteiger partial charge in [-0.15, -0.1) is 0 Å². The second kappa shape index (κ2) is 12.8. The van der Waals surface area contributed by atoms with Crippen LogP contribution in [0.1, 0.15) is 78.6 Å². The second-order valence-corrected chi connectivity index (χ2v) is 17.0. The summed E-state index contributed by atoms with van der Waals surface area (Å²) in [6, 6.07) is 4.61. The number of fused-ring (bicyclic) bond motifs is 5. The molecule has 1 saturated heterocycles. The molecule has 13 heteroatoms. The van der Waals surface area contributed by atoms with Crippen LogP contribution >= 0.6 is 0 Å². The smallest absolute Gasteiger partial charge is 0.259 e. The molecular weight excluding hydrogens is 648 g/mol. The molecule has 0 bridgehead atoms. The molecule has 5 aliphatic rings. The zero-order valence-electron chi connectivity index (χ0n) is 28.4. The lowest BCUT2D eigenvalue weighted by molar-refractivity contribution is -0.140. The van der Waals surface area contributed by atoms with Crippen LogP contribution in [0.3, 0.4) is 0 Å². The molecule has 0 unspecified atom stereocenters. The molecule has 3 amide bonds. The first kappa shape index (κ1) is 33.6. The molecule has 1 aromatic carbocycles. The fraction of sp³-hybridized carbons (Fsp3) is 0.611. The number of ether oxygens (including phenoxy) is 3. The largest absolute Gasteiger partial charge is 0.486 e. The highest BCUT2D eigenvalue weighted by Gasteiger charge is 2.63. The summed E-state index contributed by atoms with van der Waals surface area (Å²) in [4.78, 5) is 48.1. The van der Waals surface area contributed by atoms with Crippen molar-refractivity contribution in [3.8, 4) is 17.4 Å². The molecule has 1 aromatic heterocycles. The van der Waals surface area contributed by atoms with Crippen molar-refractivity contribution in [2.45, 2.75) is 101 Å². The van der Waals surface area contributed by atoms with Crippen molar-refractivity contribution in [3.05, 3.63) is 36.5 Å². The summed E-state index contributed by atoms with van der Waals surface area (Å²) in [7, 11) is -3.92. The normalized spacial score (nSPS) is 31.7. The first-order valence-electron chi connectivity index (χ1n) is 17.6. The van der Waals surface area contributed by atoms with E-state index in [9.17, 15) is 22.8 Å². The number of allylic oxidation sites excluding steroid dienone is 1. The van der Waals surface area contributed by atoms with Crippen molar-refractivity contribution in [1.29, 1.82) is 0 Å². The number of rotatable bonds is 6. The van der Waals surface area contributed by atoms with E-state index >= 15 is 0 Å². The third-order valence-electron chi connectivity index (χ3n) is 11.1. The number of pyridine rings is 1. The van der Waals surface area contributed by atoms with Crippen LogP contribution in [0.2, 0.25) is 0 Å². The molecule has 49 heavy (non-hydrogen) atoms. The van der Waals surface area contributed by atoms with Crippen LogP contribution in [-0.2, 0) is 24.4 Å². The summed E-state index contributed by atoms with van der Waals surface area (Å²) >= 11 is 0. The second-order valence-electron chi connectivity index (χ2n) is 14.8. The number of nitrogens with one attached hydrogen (secondary N) is 2. The van der Waals surface area contributed by atoms with Gasteiger partial charge in [0, 0.05) is 35.7 Å². The molecule has 2 aliphatic carbocycles. The van der Waals surface area contributed by atoms with Gasteiger partial charge in [0.2, 0.25) is 27.7 Å². The first-order chi connectivity index (χ1) is 23.4. The van der Waals surface area contributed by atoms with Gasteiger partial charge in [0.05, 0.1) is 11.3 Å². The minimum atomic E-state index is -3.92. The predicted octanol–water partition coefficient (Wildman–Crippen LogP) is 4.02. The van der Waals surface area contributed by atoms with E-state index < -0.39 is 44.3 Å². The number of carbonyl (C=O) groups excluding carboxylic acids is 3. The molecule has 3 aliphatic heterocycles. The molecule has 7 rings (SSSR count). The topological polar surface area (TPSA) is 153 Å². The van der Waals surface area contributed by atoms with Crippen LogP contribution in [0.4, 0.5) is 0 Å². The van der Waals surface area contributed by atoms with Gasteiger partial charge in [-0.1, -0.05) is 32.4 Å². The number of hydrogen-bond acceptors (Lipinski definition) is 9. The van der Waals surface area contributed by atoms with Gasteiger partial charge in [-0.2, -0.15) is 0 Å². The Bertz CT molecular complexity index is 1790. The van der Waals surface area contributed by atoms with Gasteiger partial charge >= 0.3 is 0 Å². The number of nitrogens with zero attached hydrogens (tertiary/aromatic N) is 2. The molecular formula is C36H46N4O8S. The Morgan fingerprint density at radius 1 is 1.14 bits per heavy atom. The van der Waals surface area contributed by atoms with Crippen molar-refractivity contribution in [1.82, 2.24) is 19.9 Å². The van der Waals surface area contributed by atoms with Gasteiger partial charge in [0.25, 0.3) is 5.91 Å². The van der Waals surface area contributed by atoms with Crippen LogP contribution < -0.4 is 24.2 Å².